The molecular formula is C50H30O2. The number of hydrogen-bond donors (Lipinski definition) is 0. The van der Waals surface area contributed by atoms with Crippen molar-refractivity contribution in [3.05, 3.63) is 182 Å². The lowest BCUT2D eigenvalue weighted by Gasteiger charge is -2.18. The topological polar surface area (TPSA) is 26.3 Å². The van der Waals surface area contributed by atoms with Gasteiger partial charge < -0.3 is 8.83 Å². The molecule has 0 aliphatic carbocycles. The lowest BCUT2D eigenvalue weighted by molar-refractivity contribution is 0.632. The van der Waals surface area contributed by atoms with Gasteiger partial charge >= 0.3 is 0 Å². The molecule has 242 valence electrons. The van der Waals surface area contributed by atoms with E-state index in [-0.39, 0.29) is 38.2 Å². The maximum Gasteiger partial charge on any atom is 0.143 e. The number of hydrogen-bond acceptors (Lipinski definition) is 2. The molecule has 2 nitrogen and oxygen atoms in total. The SMILES string of the molecule is [2H]c1c([2H])c([2H])c2c(-c3c4c([2H])c([2H])c([2H])c([2H])c4c(-c4ccc5oc6cc7c(-c8ccccc8)c(-c8ccccc8)oc7cc6c5c4)c4c([2H])c([2H])c([2H])c([2H])c34)c([2H])c([2H])c([2H])c2c1[2H]. The standard InChI is InChI=1S/C50H30O2/c1-3-15-32(16-4-1)48-43-30-45-42(29-46(43)52-50(48)33-17-5-2-6-18-33)41-28-34(26-27-44(41)51-45)47-37-21-9-11-23-39(37)49(40-24-12-10-22-38(40)47)36-25-13-19-31-14-7-8-20-35(31)36/h1-30H/i7D,8D,9D,10D,11D,12D,13D,14D,19D,20D,21D,22D,23D,24D,25D. The van der Waals surface area contributed by atoms with E-state index in [0.717, 1.165) is 22.1 Å². The second kappa shape index (κ2) is 11.3. The Kier molecular flexibility index (Phi) is 3.88. The van der Waals surface area contributed by atoms with Crippen LogP contribution >= 0.6 is 0 Å². The Balaban J connectivity index is 1.31. The molecule has 11 rings (SSSR count). The van der Waals surface area contributed by atoms with Crippen LogP contribution < -0.4 is 0 Å². The molecule has 0 amide bonds. The van der Waals surface area contributed by atoms with Gasteiger partial charge in [-0.25, -0.2) is 0 Å². The van der Waals surface area contributed by atoms with Gasteiger partial charge in [0.25, 0.3) is 0 Å². The molecule has 9 aromatic carbocycles. The first kappa shape index (κ1) is 17.8. The summed E-state index contributed by atoms with van der Waals surface area (Å²) in [4.78, 5) is 0. The van der Waals surface area contributed by atoms with Crippen LogP contribution in [-0.4, -0.2) is 0 Å². The largest absolute Gasteiger partial charge is 0.456 e. The van der Waals surface area contributed by atoms with Gasteiger partial charge in [0.2, 0.25) is 0 Å². The Bertz CT molecular complexity index is 3940. The van der Waals surface area contributed by atoms with Crippen LogP contribution in [0.5, 0.6) is 0 Å². The first-order valence-electron chi connectivity index (χ1n) is 24.0. The average Bonchev–Trinajstić information content (AvgIpc) is 3.90. The van der Waals surface area contributed by atoms with Crippen LogP contribution in [0.2, 0.25) is 0 Å². The molecule has 0 radical (unpaired) electrons. The highest BCUT2D eigenvalue weighted by Gasteiger charge is 2.22. The molecule has 52 heavy (non-hydrogen) atoms. The van der Waals surface area contributed by atoms with Gasteiger partial charge in [-0.15, -0.1) is 0 Å². The summed E-state index contributed by atoms with van der Waals surface area (Å²) in [7, 11) is 0. The second-order valence-electron chi connectivity index (χ2n) is 12.4. The summed E-state index contributed by atoms with van der Waals surface area (Å²) >= 11 is 0. The fourth-order valence-electron chi connectivity index (χ4n) is 7.37. The maximum absolute atomic E-state index is 9.47. The number of benzene rings is 9. The highest BCUT2D eigenvalue weighted by atomic mass is 16.3. The first-order valence-corrected chi connectivity index (χ1v) is 16.5. The minimum absolute atomic E-state index is 0.0123. The second-order valence-corrected chi connectivity index (χ2v) is 12.4. The van der Waals surface area contributed by atoms with E-state index in [9.17, 15) is 6.85 Å². The molecule has 2 aromatic heterocycles. The van der Waals surface area contributed by atoms with Crippen molar-refractivity contribution in [1.82, 2.24) is 0 Å². The molecule has 0 N–H and O–H groups in total. The van der Waals surface area contributed by atoms with Crippen molar-refractivity contribution in [3.63, 3.8) is 0 Å². The molecule has 0 fully saturated rings. The Morgan fingerprint density at radius 3 is 1.62 bits per heavy atom. The lowest BCUT2D eigenvalue weighted by Crippen LogP contribution is -1.91. The zero-order chi connectivity index (χ0) is 47.2. The smallest absolute Gasteiger partial charge is 0.143 e. The molecule has 2 heterocycles. The summed E-state index contributed by atoms with van der Waals surface area (Å²) in [5.74, 6) is 0.648. The quantitative estimate of drug-likeness (QED) is 0.173. The molecule has 11 aromatic rings. The predicted molar refractivity (Wildman–Crippen MR) is 218 cm³/mol. The van der Waals surface area contributed by atoms with Crippen molar-refractivity contribution in [1.29, 1.82) is 0 Å². The summed E-state index contributed by atoms with van der Waals surface area (Å²) < 4.78 is 148. The minimum Gasteiger partial charge on any atom is -0.456 e. The van der Waals surface area contributed by atoms with Crippen LogP contribution in [0.25, 0.3) is 110 Å². The van der Waals surface area contributed by atoms with E-state index in [1.807, 2.05) is 72.8 Å². The third kappa shape index (κ3) is 4.31. The molecule has 0 bridgehead atoms. The minimum atomic E-state index is -0.769. The summed E-state index contributed by atoms with van der Waals surface area (Å²) in [6, 6.07) is 17.8. The van der Waals surface area contributed by atoms with Gasteiger partial charge in [0.1, 0.15) is 22.5 Å². The van der Waals surface area contributed by atoms with Crippen LogP contribution in [0.15, 0.2) is 190 Å². The van der Waals surface area contributed by atoms with Gasteiger partial charge in [-0.2, -0.15) is 0 Å². The van der Waals surface area contributed by atoms with Crippen molar-refractivity contribution in [2.24, 2.45) is 0 Å². The molecule has 0 unspecified atom stereocenters. The molecule has 0 saturated heterocycles. The maximum atomic E-state index is 9.47. The Labute approximate surface area is 320 Å². The summed E-state index contributed by atoms with van der Waals surface area (Å²) in [6.45, 7) is 0. The number of rotatable bonds is 4. The van der Waals surface area contributed by atoms with E-state index in [1.165, 1.54) is 0 Å². The first-order chi connectivity index (χ1) is 32.0. The van der Waals surface area contributed by atoms with Crippen molar-refractivity contribution < 1.29 is 29.4 Å². The predicted octanol–water partition coefficient (Wildman–Crippen LogP) is 14.5. The van der Waals surface area contributed by atoms with E-state index in [2.05, 4.69) is 0 Å². The van der Waals surface area contributed by atoms with E-state index >= 15 is 0 Å². The Morgan fingerprint density at radius 1 is 0.346 bits per heavy atom. The molecule has 0 aliphatic rings. The molecule has 0 spiro atoms. The normalized spacial score (nSPS) is 15.9. The zero-order valence-corrected chi connectivity index (χ0v) is 27.0. The van der Waals surface area contributed by atoms with Crippen LogP contribution in [0, 0.1) is 0 Å². The molecule has 2 heteroatoms. The summed E-state index contributed by atoms with van der Waals surface area (Å²) in [5.41, 5.74) is 3.54. The fraction of sp³-hybridized carbons (Fsp3) is 0. The Hall–Kier alpha value is -6.90. The third-order valence-electron chi connectivity index (χ3n) is 9.60. The van der Waals surface area contributed by atoms with E-state index in [4.69, 9.17) is 22.5 Å². The summed E-state index contributed by atoms with van der Waals surface area (Å²) in [5, 5.41) is 0.00507. The van der Waals surface area contributed by atoms with Crippen LogP contribution in [0.4, 0.5) is 0 Å². The van der Waals surface area contributed by atoms with Gasteiger partial charge in [-0.05, 0) is 84.4 Å². The molecule has 0 saturated carbocycles. The third-order valence-corrected chi connectivity index (χ3v) is 9.60. The van der Waals surface area contributed by atoms with E-state index < -0.39 is 107 Å². The fourth-order valence-corrected chi connectivity index (χ4v) is 7.37. The van der Waals surface area contributed by atoms with Crippen molar-refractivity contribution >= 4 is 65.2 Å². The van der Waals surface area contributed by atoms with Gasteiger partial charge in [0, 0.05) is 27.3 Å². The van der Waals surface area contributed by atoms with Crippen molar-refractivity contribution in [3.8, 4) is 44.7 Å². The van der Waals surface area contributed by atoms with Crippen molar-refractivity contribution in [2.75, 3.05) is 0 Å². The van der Waals surface area contributed by atoms with Crippen LogP contribution in [0.3, 0.4) is 0 Å². The Morgan fingerprint density at radius 2 is 0.904 bits per heavy atom. The monoisotopic (exact) mass is 677 g/mol. The summed E-state index contributed by atoms with van der Waals surface area (Å²) in [6.07, 6.45) is 0. The van der Waals surface area contributed by atoms with E-state index in [0.29, 0.717) is 33.3 Å². The molecule has 0 aliphatic heterocycles. The number of furan rings is 2. The van der Waals surface area contributed by atoms with Gasteiger partial charge in [-0.1, -0.05) is 157 Å². The van der Waals surface area contributed by atoms with E-state index in [1.54, 1.807) is 18.2 Å². The van der Waals surface area contributed by atoms with Crippen molar-refractivity contribution in [2.45, 2.75) is 0 Å². The highest BCUT2D eigenvalue weighted by Crippen LogP contribution is 2.47. The highest BCUT2D eigenvalue weighted by molar-refractivity contribution is 6.24. The average molecular weight is 678 g/mol. The van der Waals surface area contributed by atoms with Gasteiger partial charge in [0.15, 0.2) is 0 Å². The number of fused-ring (bicyclic) bond motifs is 7. The van der Waals surface area contributed by atoms with Crippen LogP contribution in [-0.2, 0) is 0 Å². The van der Waals surface area contributed by atoms with Gasteiger partial charge in [-0.3, -0.25) is 0 Å². The zero-order valence-electron chi connectivity index (χ0n) is 42.0. The van der Waals surface area contributed by atoms with Gasteiger partial charge in [0.05, 0.1) is 20.6 Å². The molecule has 0 atom stereocenters. The molecular weight excluding hydrogens is 633 g/mol. The lowest BCUT2D eigenvalue weighted by atomic mass is 9.84. The van der Waals surface area contributed by atoms with Crippen LogP contribution in [0.1, 0.15) is 20.6 Å².